The lowest BCUT2D eigenvalue weighted by atomic mass is 9.80. The Balaban J connectivity index is 1.72. The molecule has 2 aliphatic rings. The first-order chi connectivity index (χ1) is 13.1. The van der Waals surface area contributed by atoms with E-state index in [0.29, 0.717) is 19.6 Å². The minimum atomic E-state index is -0.866. The van der Waals surface area contributed by atoms with Gasteiger partial charge in [-0.05, 0) is 61.3 Å². The molecule has 3 rings (SSSR count). The number of nitrogens with zero attached hydrogens (tertiary/aromatic N) is 1. The normalized spacial score (nSPS) is 20.0. The number of hydrogen-bond acceptors (Lipinski definition) is 4. The number of rotatable bonds is 7. The summed E-state index contributed by atoms with van der Waals surface area (Å²) in [5.41, 5.74) is 2.50. The van der Waals surface area contributed by atoms with Crippen LogP contribution in [0.4, 0.5) is 0 Å². The molecule has 6 heteroatoms. The van der Waals surface area contributed by atoms with E-state index in [0.717, 1.165) is 37.9 Å². The SMILES string of the molecule is COc1ccc2c(c1)CCCC2CC(=O)N(CCC(=O)O)C1CCOCC1. The summed E-state index contributed by atoms with van der Waals surface area (Å²) in [6.45, 7) is 1.54. The third-order valence-electron chi connectivity index (χ3n) is 5.73. The Morgan fingerprint density at radius 3 is 2.74 bits per heavy atom. The molecule has 1 heterocycles. The van der Waals surface area contributed by atoms with Gasteiger partial charge in [0.25, 0.3) is 0 Å². The highest BCUT2D eigenvalue weighted by Crippen LogP contribution is 2.36. The summed E-state index contributed by atoms with van der Waals surface area (Å²) >= 11 is 0. The number of carboxylic acid groups (broad SMARTS) is 1. The van der Waals surface area contributed by atoms with Crippen LogP contribution in [0.1, 0.15) is 55.6 Å². The van der Waals surface area contributed by atoms with E-state index in [-0.39, 0.29) is 30.8 Å². The van der Waals surface area contributed by atoms with Crippen molar-refractivity contribution in [1.29, 1.82) is 0 Å². The van der Waals surface area contributed by atoms with Gasteiger partial charge in [0.05, 0.1) is 13.5 Å². The lowest BCUT2D eigenvalue weighted by Crippen LogP contribution is -2.45. The summed E-state index contributed by atoms with van der Waals surface area (Å²) in [6, 6.07) is 6.21. The van der Waals surface area contributed by atoms with Crippen LogP contribution >= 0.6 is 0 Å². The molecule has 27 heavy (non-hydrogen) atoms. The number of aliphatic carboxylic acids is 1. The molecule has 1 unspecified atom stereocenters. The molecule has 6 nitrogen and oxygen atoms in total. The molecule has 0 radical (unpaired) electrons. The molecule has 0 aromatic heterocycles. The molecule has 1 saturated heterocycles. The zero-order valence-corrected chi connectivity index (χ0v) is 16.0. The molecule has 1 amide bonds. The Hall–Kier alpha value is -2.08. The Morgan fingerprint density at radius 1 is 1.26 bits per heavy atom. The zero-order chi connectivity index (χ0) is 19.2. The van der Waals surface area contributed by atoms with E-state index in [4.69, 9.17) is 14.6 Å². The highest BCUT2D eigenvalue weighted by Gasteiger charge is 2.30. The minimum Gasteiger partial charge on any atom is -0.497 e. The topological polar surface area (TPSA) is 76.1 Å². The highest BCUT2D eigenvalue weighted by molar-refractivity contribution is 5.78. The van der Waals surface area contributed by atoms with E-state index in [1.54, 1.807) is 12.0 Å². The average molecular weight is 375 g/mol. The van der Waals surface area contributed by atoms with E-state index in [9.17, 15) is 9.59 Å². The van der Waals surface area contributed by atoms with Crippen LogP contribution in [0, 0.1) is 0 Å². The van der Waals surface area contributed by atoms with E-state index in [1.807, 2.05) is 6.07 Å². The van der Waals surface area contributed by atoms with Crippen molar-refractivity contribution < 1.29 is 24.2 Å². The summed E-state index contributed by atoms with van der Waals surface area (Å²) in [7, 11) is 1.67. The van der Waals surface area contributed by atoms with Crippen LogP contribution in [0.25, 0.3) is 0 Å². The molecule has 1 fully saturated rings. The number of carbonyl (C=O) groups is 2. The summed E-state index contributed by atoms with van der Waals surface area (Å²) in [4.78, 5) is 26.0. The molecule has 1 N–H and O–H groups in total. The van der Waals surface area contributed by atoms with Gasteiger partial charge in [0.2, 0.25) is 5.91 Å². The second-order valence-corrected chi connectivity index (χ2v) is 7.43. The van der Waals surface area contributed by atoms with Crippen LogP contribution in [-0.2, 0) is 20.7 Å². The second-order valence-electron chi connectivity index (χ2n) is 7.43. The first-order valence-corrected chi connectivity index (χ1v) is 9.84. The second kappa shape index (κ2) is 9.22. The molecular weight excluding hydrogens is 346 g/mol. The van der Waals surface area contributed by atoms with Crippen LogP contribution in [0.15, 0.2) is 18.2 Å². The first-order valence-electron chi connectivity index (χ1n) is 9.84. The third-order valence-corrected chi connectivity index (χ3v) is 5.73. The Kier molecular flexibility index (Phi) is 6.72. The molecule has 0 spiro atoms. The molecule has 1 aromatic rings. The van der Waals surface area contributed by atoms with Crippen molar-refractivity contribution in [1.82, 2.24) is 4.90 Å². The smallest absolute Gasteiger partial charge is 0.305 e. The Morgan fingerprint density at radius 2 is 2.04 bits per heavy atom. The highest BCUT2D eigenvalue weighted by atomic mass is 16.5. The number of ether oxygens (including phenoxy) is 2. The van der Waals surface area contributed by atoms with Gasteiger partial charge in [-0.3, -0.25) is 9.59 Å². The molecule has 0 saturated carbocycles. The van der Waals surface area contributed by atoms with Gasteiger partial charge < -0.3 is 19.5 Å². The predicted octanol–water partition coefficient (Wildman–Crippen LogP) is 2.99. The maximum absolute atomic E-state index is 13.1. The number of amides is 1. The van der Waals surface area contributed by atoms with Crippen LogP contribution in [0.5, 0.6) is 5.75 Å². The number of carboxylic acids is 1. The quantitative estimate of drug-likeness (QED) is 0.793. The van der Waals surface area contributed by atoms with Crippen molar-refractivity contribution in [3.05, 3.63) is 29.3 Å². The van der Waals surface area contributed by atoms with Gasteiger partial charge in [-0.1, -0.05) is 6.07 Å². The van der Waals surface area contributed by atoms with Gasteiger partial charge in [0.1, 0.15) is 5.75 Å². The van der Waals surface area contributed by atoms with Gasteiger partial charge in [0, 0.05) is 32.2 Å². The fourth-order valence-corrected chi connectivity index (χ4v) is 4.28. The van der Waals surface area contributed by atoms with Gasteiger partial charge in [0.15, 0.2) is 0 Å². The lowest BCUT2D eigenvalue weighted by Gasteiger charge is -2.35. The molecule has 1 atom stereocenters. The molecule has 1 aromatic carbocycles. The first kappa shape index (κ1) is 19.7. The van der Waals surface area contributed by atoms with Crippen LogP contribution < -0.4 is 4.74 Å². The minimum absolute atomic E-state index is 0.0124. The van der Waals surface area contributed by atoms with Crippen molar-refractivity contribution >= 4 is 11.9 Å². The van der Waals surface area contributed by atoms with Crippen molar-refractivity contribution in [2.45, 2.75) is 56.9 Å². The van der Waals surface area contributed by atoms with Crippen LogP contribution in [-0.4, -0.2) is 54.8 Å². The molecule has 148 valence electrons. The summed E-state index contributed by atoms with van der Waals surface area (Å²) in [6.07, 6.45) is 5.06. The number of methoxy groups -OCH3 is 1. The van der Waals surface area contributed by atoms with Crippen molar-refractivity contribution in [3.63, 3.8) is 0 Å². The monoisotopic (exact) mass is 375 g/mol. The Labute approximate surface area is 160 Å². The lowest BCUT2D eigenvalue weighted by molar-refractivity contribution is -0.140. The maximum Gasteiger partial charge on any atom is 0.305 e. The van der Waals surface area contributed by atoms with Crippen molar-refractivity contribution in [2.75, 3.05) is 26.9 Å². The third kappa shape index (κ3) is 5.01. The summed E-state index contributed by atoms with van der Waals surface area (Å²) < 4.78 is 10.7. The maximum atomic E-state index is 13.1. The zero-order valence-electron chi connectivity index (χ0n) is 16.0. The van der Waals surface area contributed by atoms with E-state index in [2.05, 4.69) is 12.1 Å². The number of fused-ring (bicyclic) bond motifs is 1. The molecule has 1 aliphatic heterocycles. The predicted molar refractivity (Wildman–Crippen MR) is 101 cm³/mol. The summed E-state index contributed by atoms with van der Waals surface area (Å²) in [5.74, 6) is 0.247. The molecule has 1 aliphatic carbocycles. The fraction of sp³-hybridized carbons (Fsp3) is 0.619. The molecular formula is C21H29NO5. The summed E-state index contributed by atoms with van der Waals surface area (Å²) in [5, 5.41) is 9.07. The van der Waals surface area contributed by atoms with Crippen LogP contribution in [0.3, 0.4) is 0 Å². The average Bonchev–Trinajstić information content (AvgIpc) is 2.68. The van der Waals surface area contributed by atoms with Crippen LogP contribution in [0.2, 0.25) is 0 Å². The standard InChI is InChI=1S/C21H29NO5/c1-26-18-5-6-19-15(13-18)3-2-4-16(19)14-20(23)22(10-7-21(24)25)17-8-11-27-12-9-17/h5-6,13,16-17H,2-4,7-12,14H2,1H3,(H,24,25). The van der Waals surface area contributed by atoms with Gasteiger partial charge in [-0.15, -0.1) is 0 Å². The van der Waals surface area contributed by atoms with E-state index >= 15 is 0 Å². The number of aryl methyl sites for hydroxylation is 1. The van der Waals surface area contributed by atoms with Gasteiger partial charge >= 0.3 is 5.97 Å². The number of carbonyl (C=O) groups excluding carboxylic acids is 1. The van der Waals surface area contributed by atoms with Crippen molar-refractivity contribution in [2.24, 2.45) is 0 Å². The van der Waals surface area contributed by atoms with E-state index < -0.39 is 5.97 Å². The van der Waals surface area contributed by atoms with Gasteiger partial charge in [-0.2, -0.15) is 0 Å². The number of benzene rings is 1. The van der Waals surface area contributed by atoms with E-state index in [1.165, 1.54) is 11.1 Å². The fourth-order valence-electron chi connectivity index (χ4n) is 4.28. The van der Waals surface area contributed by atoms with Crippen molar-refractivity contribution in [3.8, 4) is 5.75 Å². The largest absolute Gasteiger partial charge is 0.497 e. The Bertz CT molecular complexity index is 669. The number of hydrogen-bond donors (Lipinski definition) is 1. The molecule has 0 bridgehead atoms. The van der Waals surface area contributed by atoms with Gasteiger partial charge in [-0.25, -0.2) is 0 Å².